The molecule has 2 aliphatic rings. The summed E-state index contributed by atoms with van der Waals surface area (Å²) in [5.41, 5.74) is 0. The van der Waals surface area contributed by atoms with Crippen molar-refractivity contribution in [1.29, 1.82) is 0 Å². The first-order valence-corrected chi connectivity index (χ1v) is 3.47. The highest BCUT2D eigenvalue weighted by molar-refractivity contribution is 5.01. The number of fused-ring (bicyclic) bond motifs is 1. The predicted octanol–water partition coefficient (Wildman–Crippen LogP) is 0.814. The molecule has 1 nitrogen and oxygen atoms in total. The molecule has 1 unspecified atom stereocenters. The van der Waals surface area contributed by atoms with Crippen molar-refractivity contribution in [2.75, 3.05) is 20.1 Å². The van der Waals surface area contributed by atoms with Gasteiger partial charge in [-0.05, 0) is 24.8 Å². The van der Waals surface area contributed by atoms with E-state index in [2.05, 4.69) is 18.9 Å². The molecule has 0 bridgehead atoms. The Kier molecular flexibility index (Phi) is 0.762. The molecule has 3 atom stereocenters. The summed E-state index contributed by atoms with van der Waals surface area (Å²) in [5, 5.41) is 0. The van der Waals surface area contributed by atoms with E-state index in [9.17, 15) is 0 Å². The Morgan fingerprint density at radius 2 is 1.75 bits per heavy atom. The van der Waals surface area contributed by atoms with Gasteiger partial charge in [0.05, 0.1) is 0 Å². The molecule has 0 aromatic rings. The molecular weight excluding hydrogens is 98.1 g/mol. The molecule has 1 saturated heterocycles. The van der Waals surface area contributed by atoms with Gasteiger partial charge >= 0.3 is 0 Å². The zero-order chi connectivity index (χ0) is 5.72. The second-order valence-corrected chi connectivity index (χ2v) is 3.41. The Labute approximate surface area is 50.7 Å². The summed E-state index contributed by atoms with van der Waals surface area (Å²) in [5.74, 6) is 3.23. The molecule has 1 heteroatoms. The molecule has 2 rings (SSSR count). The van der Waals surface area contributed by atoms with Crippen LogP contribution in [0.5, 0.6) is 0 Å². The summed E-state index contributed by atoms with van der Waals surface area (Å²) in [6, 6.07) is 0. The third kappa shape index (κ3) is 0.455. The fourth-order valence-electron chi connectivity index (χ4n) is 2.03. The van der Waals surface area contributed by atoms with Crippen LogP contribution in [0.25, 0.3) is 0 Å². The van der Waals surface area contributed by atoms with Crippen molar-refractivity contribution in [3.05, 3.63) is 0 Å². The third-order valence-corrected chi connectivity index (χ3v) is 2.80. The molecular formula is C7H13N. The van der Waals surface area contributed by atoms with Crippen LogP contribution in [0.2, 0.25) is 0 Å². The number of nitrogens with zero attached hydrogens (tertiary/aromatic N) is 1. The molecule has 0 aromatic carbocycles. The van der Waals surface area contributed by atoms with E-state index in [1.807, 2.05) is 0 Å². The highest BCUT2D eigenvalue weighted by Gasteiger charge is 2.51. The highest BCUT2D eigenvalue weighted by atomic mass is 15.1. The van der Waals surface area contributed by atoms with E-state index in [0.29, 0.717) is 0 Å². The minimum absolute atomic E-state index is 1.06. The molecule has 1 aliphatic carbocycles. The van der Waals surface area contributed by atoms with Crippen LogP contribution in [0.15, 0.2) is 0 Å². The maximum Gasteiger partial charge on any atom is 0.00126 e. The van der Waals surface area contributed by atoms with Crippen molar-refractivity contribution < 1.29 is 0 Å². The first-order valence-electron chi connectivity index (χ1n) is 3.47. The van der Waals surface area contributed by atoms with Crippen LogP contribution in [-0.4, -0.2) is 25.0 Å². The standard InChI is InChI=1S/C7H13N/c1-5-6-3-8(2)4-7(5)6/h5-7H,3-4H2,1-2H3/t5?,6-,7+. The fourth-order valence-corrected chi connectivity index (χ4v) is 2.03. The lowest BCUT2D eigenvalue weighted by Crippen LogP contribution is -2.18. The van der Waals surface area contributed by atoms with Gasteiger partial charge < -0.3 is 4.90 Å². The van der Waals surface area contributed by atoms with E-state index >= 15 is 0 Å². The fraction of sp³-hybridized carbons (Fsp3) is 1.00. The lowest BCUT2D eigenvalue weighted by atomic mass is 10.3. The Morgan fingerprint density at radius 3 is 2.12 bits per heavy atom. The van der Waals surface area contributed by atoms with Crippen LogP contribution in [0, 0.1) is 17.8 Å². The quantitative estimate of drug-likeness (QED) is 0.447. The number of likely N-dealkylation sites (tertiary alicyclic amines) is 1. The average molecular weight is 111 g/mol. The second-order valence-electron chi connectivity index (χ2n) is 3.41. The Balaban J connectivity index is 2.00. The number of hydrogen-bond donors (Lipinski definition) is 0. The number of rotatable bonds is 0. The first-order chi connectivity index (χ1) is 3.79. The van der Waals surface area contributed by atoms with Crippen LogP contribution in [0.4, 0.5) is 0 Å². The Bertz CT molecular complexity index is 99.0. The molecule has 0 spiro atoms. The molecule has 2 fully saturated rings. The van der Waals surface area contributed by atoms with Gasteiger partial charge in [-0.1, -0.05) is 6.92 Å². The van der Waals surface area contributed by atoms with Crippen molar-refractivity contribution >= 4 is 0 Å². The monoisotopic (exact) mass is 111 g/mol. The van der Waals surface area contributed by atoms with Crippen molar-refractivity contribution in [1.82, 2.24) is 4.90 Å². The molecule has 0 N–H and O–H groups in total. The molecule has 0 aromatic heterocycles. The highest BCUT2D eigenvalue weighted by Crippen LogP contribution is 2.50. The van der Waals surface area contributed by atoms with E-state index in [4.69, 9.17) is 0 Å². The number of piperidine rings is 1. The van der Waals surface area contributed by atoms with Crippen LogP contribution in [0.3, 0.4) is 0 Å². The zero-order valence-corrected chi connectivity index (χ0v) is 5.59. The zero-order valence-electron chi connectivity index (χ0n) is 5.59. The lowest BCUT2D eigenvalue weighted by Gasteiger charge is -2.09. The van der Waals surface area contributed by atoms with Crippen LogP contribution in [-0.2, 0) is 0 Å². The SMILES string of the molecule is CC1[C@H]2CN(C)C[C@@H]12. The van der Waals surface area contributed by atoms with Gasteiger partial charge in [-0.15, -0.1) is 0 Å². The largest absolute Gasteiger partial charge is 0.306 e. The van der Waals surface area contributed by atoms with Gasteiger partial charge in [0.2, 0.25) is 0 Å². The minimum Gasteiger partial charge on any atom is -0.306 e. The normalized spacial score (nSPS) is 54.0. The molecule has 1 saturated carbocycles. The Hall–Kier alpha value is -0.0400. The van der Waals surface area contributed by atoms with Crippen molar-refractivity contribution in [3.8, 4) is 0 Å². The maximum atomic E-state index is 2.44. The van der Waals surface area contributed by atoms with E-state index in [-0.39, 0.29) is 0 Å². The molecule has 8 heavy (non-hydrogen) atoms. The van der Waals surface area contributed by atoms with Crippen LogP contribution in [0.1, 0.15) is 6.92 Å². The molecule has 0 radical (unpaired) electrons. The van der Waals surface area contributed by atoms with Crippen molar-refractivity contribution in [2.45, 2.75) is 6.92 Å². The molecule has 1 heterocycles. The van der Waals surface area contributed by atoms with Gasteiger partial charge in [0.1, 0.15) is 0 Å². The first kappa shape index (κ1) is 4.80. The summed E-state index contributed by atoms with van der Waals surface area (Å²) >= 11 is 0. The van der Waals surface area contributed by atoms with E-state index in [1.165, 1.54) is 13.1 Å². The van der Waals surface area contributed by atoms with Gasteiger partial charge in [0, 0.05) is 13.1 Å². The van der Waals surface area contributed by atoms with E-state index in [0.717, 1.165) is 17.8 Å². The van der Waals surface area contributed by atoms with Gasteiger partial charge in [-0.2, -0.15) is 0 Å². The minimum atomic E-state index is 1.06. The third-order valence-electron chi connectivity index (χ3n) is 2.80. The molecule has 46 valence electrons. The van der Waals surface area contributed by atoms with E-state index in [1.54, 1.807) is 0 Å². The van der Waals surface area contributed by atoms with Crippen LogP contribution >= 0.6 is 0 Å². The summed E-state index contributed by atoms with van der Waals surface area (Å²) < 4.78 is 0. The van der Waals surface area contributed by atoms with Gasteiger partial charge in [-0.3, -0.25) is 0 Å². The molecule has 1 aliphatic heterocycles. The summed E-state index contributed by atoms with van der Waals surface area (Å²) in [4.78, 5) is 2.44. The van der Waals surface area contributed by atoms with Crippen molar-refractivity contribution in [2.24, 2.45) is 17.8 Å². The second kappa shape index (κ2) is 1.27. The topological polar surface area (TPSA) is 3.24 Å². The van der Waals surface area contributed by atoms with Crippen molar-refractivity contribution in [3.63, 3.8) is 0 Å². The van der Waals surface area contributed by atoms with Gasteiger partial charge in [-0.25, -0.2) is 0 Å². The summed E-state index contributed by atoms with van der Waals surface area (Å²) in [6.45, 7) is 5.11. The Morgan fingerprint density at radius 1 is 1.25 bits per heavy atom. The summed E-state index contributed by atoms with van der Waals surface area (Å²) in [7, 11) is 2.22. The van der Waals surface area contributed by atoms with E-state index < -0.39 is 0 Å². The summed E-state index contributed by atoms with van der Waals surface area (Å²) in [6.07, 6.45) is 0. The predicted molar refractivity (Wildman–Crippen MR) is 33.6 cm³/mol. The maximum absolute atomic E-state index is 2.44. The lowest BCUT2D eigenvalue weighted by molar-refractivity contribution is 0.350. The smallest absolute Gasteiger partial charge is 0.00126 e. The van der Waals surface area contributed by atoms with Gasteiger partial charge in [0.25, 0.3) is 0 Å². The van der Waals surface area contributed by atoms with Gasteiger partial charge in [0.15, 0.2) is 0 Å². The van der Waals surface area contributed by atoms with Crippen LogP contribution < -0.4 is 0 Å². The number of hydrogen-bond acceptors (Lipinski definition) is 1. The molecule has 0 amide bonds. The average Bonchev–Trinajstić information content (AvgIpc) is 2.29.